The van der Waals surface area contributed by atoms with Crippen LogP contribution >= 0.6 is 0 Å². The molecule has 2 fully saturated rings. The predicted octanol–water partition coefficient (Wildman–Crippen LogP) is 3.01. The molecule has 2 aliphatic rings. The Labute approximate surface area is 117 Å². The maximum atomic E-state index is 10.0. The summed E-state index contributed by atoms with van der Waals surface area (Å²) in [6, 6.07) is 0.747. The molecule has 2 rings (SSSR count). The van der Waals surface area contributed by atoms with Crippen molar-refractivity contribution < 1.29 is 9.53 Å². The van der Waals surface area contributed by atoms with Crippen LogP contribution in [0.25, 0.3) is 0 Å². The third kappa shape index (κ3) is 4.10. The minimum Gasteiger partial charge on any atom is -0.444 e. The molecule has 0 unspecified atom stereocenters. The van der Waals surface area contributed by atoms with Gasteiger partial charge in [-0.3, -0.25) is 4.90 Å². The second kappa shape index (κ2) is 4.97. The SMILES string of the molecule is CC(C)(C)OC(N)=O.CC(C)N1C[C@@]2(C)C[C@@]2(C)C1. The van der Waals surface area contributed by atoms with Gasteiger partial charge in [-0.15, -0.1) is 0 Å². The summed E-state index contributed by atoms with van der Waals surface area (Å²) in [4.78, 5) is 12.6. The summed E-state index contributed by atoms with van der Waals surface area (Å²) in [6.07, 6.45) is 0.737. The van der Waals surface area contributed by atoms with Gasteiger partial charge in [0.2, 0.25) is 0 Å². The van der Waals surface area contributed by atoms with E-state index in [1.807, 2.05) is 0 Å². The van der Waals surface area contributed by atoms with Crippen LogP contribution < -0.4 is 5.73 Å². The Kier molecular flexibility index (Phi) is 4.26. The first-order chi connectivity index (χ1) is 8.39. The van der Waals surface area contributed by atoms with Gasteiger partial charge in [0.1, 0.15) is 5.60 Å². The Morgan fingerprint density at radius 1 is 1.21 bits per heavy atom. The van der Waals surface area contributed by atoms with Crippen LogP contribution in [0.3, 0.4) is 0 Å². The molecule has 0 aromatic carbocycles. The molecule has 2 atom stereocenters. The lowest BCUT2D eigenvalue weighted by molar-refractivity contribution is 0.0600. The molecule has 0 bridgehead atoms. The molecular weight excluding hydrogens is 240 g/mol. The minimum atomic E-state index is -0.725. The Balaban J connectivity index is 0.000000203. The fourth-order valence-electron chi connectivity index (χ4n) is 2.93. The van der Waals surface area contributed by atoms with Crippen molar-refractivity contribution in [1.82, 2.24) is 4.90 Å². The lowest BCUT2D eigenvalue weighted by atomic mass is 10.0. The van der Waals surface area contributed by atoms with E-state index in [1.54, 1.807) is 20.8 Å². The first-order valence-electron chi connectivity index (χ1n) is 7.11. The van der Waals surface area contributed by atoms with Crippen molar-refractivity contribution in [3.8, 4) is 0 Å². The van der Waals surface area contributed by atoms with Crippen molar-refractivity contribution in [3.63, 3.8) is 0 Å². The summed E-state index contributed by atoms with van der Waals surface area (Å²) >= 11 is 0. The zero-order valence-corrected chi connectivity index (χ0v) is 13.5. The van der Waals surface area contributed by atoms with Crippen molar-refractivity contribution in [1.29, 1.82) is 0 Å². The standard InChI is InChI=1S/C10H19N.C5H11NO2/c1-8(2)11-6-9(3)5-10(9,4)7-11;1-5(2,3)8-4(6)7/h8H,5-7H2,1-4H3;1-3H3,(H2,6,7)/t9-,10+;. The molecule has 2 N–H and O–H groups in total. The number of amides is 1. The van der Waals surface area contributed by atoms with Crippen molar-refractivity contribution in [3.05, 3.63) is 0 Å². The summed E-state index contributed by atoms with van der Waals surface area (Å²) in [6.45, 7) is 17.4. The van der Waals surface area contributed by atoms with Crippen LogP contribution in [-0.4, -0.2) is 35.7 Å². The second-order valence-electron chi connectivity index (χ2n) is 7.83. The number of likely N-dealkylation sites (tertiary alicyclic amines) is 1. The molecule has 1 aliphatic heterocycles. The molecule has 1 saturated carbocycles. The number of nitrogens with two attached hydrogens (primary N) is 1. The maximum absolute atomic E-state index is 10.0. The number of fused-ring (bicyclic) bond motifs is 1. The van der Waals surface area contributed by atoms with E-state index in [9.17, 15) is 4.79 Å². The number of ether oxygens (including phenoxy) is 1. The van der Waals surface area contributed by atoms with Crippen LogP contribution in [0.15, 0.2) is 0 Å². The van der Waals surface area contributed by atoms with Crippen molar-refractivity contribution >= 4 is 6.09 Å². The summed E-state index contributed by atoms with van der Waals surface area (Å²) in [5, 5.41) is 0. The average molecular weight is 270 g/mol. The molecule has 0 aromatic heterocycles. The summed E-state index contributed by atoms with van der Waals surface area (Å²) in [5.41, 5.74) is 5.62. The normalized spacial score (nSPS) is 33.5. The smallest absolute Gasteiger partial charge is 0.405 e. The highest BCUT2D eigenvalue weighted by Crippen LogP contribution is 2.67. The lowest BCUT2D eigenvalue weighted by Crippen LogP contribution is -2.31. The lowest BCUT2D eigenvalue weighted by Gasteiger charge is -2.23. The zero-order chi connectivity index (χ0) is 15.1. The predicted molar refractivity (Wildman–Crippen MR) is 78.0 cm³/mol. The molecule has 112 valence electrons. The molecule has 1 aliphatic carbocycles. The quantitative estimate of drug-likeness (QED) is 0.797. The van der Waals surface area contributed by atoms with Crippen molar-refractivity contribution in [2.75, 3.05) is 13.1 Å². The van der Waals surface area contributed by atoms with Gasteiger partial charge in [0.15, 0.2) is 0 Å². The van der Waals surface area contributed by atoms with E-state index in [2.05, 4.69) is 37.3 Å². The van der Waals surface area contributed by atoms with E-state index >= 15 is 0 Å². The van der Waals surface area contributed by atoms with Crippen molar-refractivity contribution in [2.24, 2.45) is 16.6 Å². The van der Waals surface area contributed by atoms with E-state index in [-0.39, 0.29) is 0 Å². The summed E-state index contributed by atoms with van der Waals surface area (Å²) in [7, 11) is 0. The molecule has 4 nitrogen and oxygen atoms in total. The average Bonchev–Trinajstić information content (AvgIpc) is 2.52. The second-order valence-corrected chi connectivity index (χ2v) is 7.83. The van der Waals surface area contributed by atoms with Gasteiger partial charge >= 0.3 is 6.09 Å². The third-order valence-corrected chi connectivity index (χ3v) is 4.35. The van der Waals surface area contributed by atoms with Crippen LogP contribution in [0, 0.1) is 10.8 Å². The molecular formula is C15H30N2O2. The topological polar surface area (TPSA) is 55.6 Å². The van der Waals surface area contributed by atoms with Gasteiger partial charge in [-0.1, -0.05) is 13.8 Å². The first-order valence-corrected chi connectivity index (χ1v) is 7.11. The largest absolute Gasteiger partial charge is 0.444 e. The van der Waals surface area contributed by atoms with Gasteiger partial charge in [0.05, 0.1) is 0 Å². The van der Waals surface area contributed by atoms with E-state index in [0.29, 0.717) is 10.8 Å². The number of rotatable bonds is 1. The van der Waals surface area contributed by atoms with Crippen LogP contribution in [0.5, 0.6) is 0 Å². The molecule has 0 spiro atoms. The van der Waals surface area contributed by atoms with Crippen LogP contribution in [-0.2, 0) is 4.74 Å². The van der Waals surface area contributed by atoms with Gasteiger partial charge in [-0.25, -0.2) is 4.79 Å². The van der Waals surface area contributed by atoms with Gasteiger partial charge in [-0.05, 0) is 51.9 Å². The maximum Gasteiger partial charge on any atom is 0.405 e. The van der Waals surface area contributed by atoms with Gasteiger partial charge in [0, 0.05) is 19.1 Å². The number of carbonyl (C=O) groups excluding carboxylic acids is 1. The van der Waals surface area contributed by atoms with Gasteiger partial charge in [-0.2, -0.15) is 0 Å². The van der Waals surface area contributed by atoms with E-state index in [1.165, 1.54) is 19.5 Å². The van der Waals surface area contributed by atoms with Crippen molar-refractivity contribution in [2.45, 2.75) is 66.5 Å². The number of piperidine rings is 1. The highest BCUT2D eigenvalue weighted by molar-refractivity contribution is 5.65. The van der Waals surface area contributed by atoms with E-state index in [0.717, 1.165) is 6.04 Å². The number of hydrogen-bond donors (Lipinski definition) is 1. The summed E-state index contributed by atoms with van der Waals surface area (Å²) < 4.78 is 4.58. The molecule has 1 heterocycles. The number of nitrogens with zero attached hydrogens (tertiary/aromatic N) is 1. The molecule has 1 saturated heterocycles. The monoisotopic (exact) mass is 270 g/mol. The fourth-order valence-corrected chi connectivity index (χ4v) is 2.93. The molecule has 4 heteroatoms. The number of primary amides is 1. The van der Waals surface area contributed by atoms with Gasteiger partial charge < -0.3 is 10.5 Å². The van der Waals surface area contributed by atoms with Crippen LogP contribution in [0.2, 0.25) is 0 Å². The van der Waals surface area contributed by atoms with Crippen LogP contribution in [0.4, 0.5) is 4.79 Å². The Morgan fingerprint density at radius 3 is 1.79 bits per heavy atom. The molecule has 0 aromatic rings. The fraction of sp³-hybridized carbons (Fsp3) is 0.933. The number of carbonyl (C=O) groups is 1. The first kappa shape index (κ1) is 16.3. The summed E-state index contributed by atoms with van der Waals surface area (Å²) in [5.74, 6) is 0. The Morgan fingerprint density at radius 2 is 1.63 bits per heavy atom. The highest BCUT2D eigenvalue weighted by Gasteiger charge is 2.65. The number of hydrogen-bond acceptors (Lipinski definition) is 3. The highest BCUT2D eigenvalue weighted by atomic mass is 16.6. The zero-order valence-electron chi connectivity index (χ0n) is 13.5. The van der Waals surface area contributed by atoms with Crippen LogP contribution in [0.1, 0.15) is 54.9 Å². The Bertz CT molecular complexity index is 333. The van der Waals surface area contributed by atoms with Gasteiger partial charge in [0.25, 0.3) is 0 Å². The molecule has 1 amide bonds. The minimum absolute atomic E-state index is 0.453. The third-order valence-electron chi connectivity index (χ3n) is 4.35. The Hall–Kier alpha value is -0.770. The molecule has 19 heavy (non-hydrogen) atoms. The molecule has 0 radical (unpaired) electrons. The van der Waals surface area contributed by atoms with E-state index < -0.39 is 11.7 Å². The van der Waals surface area contributed by atoms with E-state index in [4.69, 9.17) is 5.73 Å².